The van der Waals surface area contributed by atoms with Gasteiger partial charge in [0.15, 0.2) is 0 Å². The molecule has 5 aromatic carbocycles. The molecule has 1 aliphatic carbocycles. The van der Waals surface area contributed by atoms with E-state index in [-0.39, 0.29) is 10.7 Å². The fourth-order valence-corrected chi connectivity index (χ4v) is 7.82. The van der Waals surface area contributed by atoms with Crippen molar-refractivity contribution in [3.05, 3.63) is 167 Å². The summed E-state index contributed by atoms with van der Waals surface area (Å²) in [6, 6.07) is 48.7. The van der Waals surface area contributed by atoms with E-state index in [9.17, 15) is 4.79 Å². The number of carbonyl (C=O) groups is 1. The normalized spacial score (nSPS) is 12.8. The summed E-state index contributed by atoms with van der Waals surface area (Å²) in [6.45, 7) is 5.12. The highest BCUT2D eigenvalue weighted by molar-refractivity contribution is 8.02. The summed E-state index contributed by atoms with van der Waals surface area (Å²) in [7, 11) is 0. The largest absolute Gasteiger partial charge is 0.449 e. The molecule has 210 valence electrons. The SMILES string of the molecule is CC(C)(CNC(=O)OCC1c2ccccc2-c2ccccc21)SC(c1ccccc1)(c1ccccc1)c1ccccc1. The second kappa shape index (κ2) is 11.9. The van der Waals surface area contributed by atoms with Crippen LogP contribution in [-0.4, -0.2) is 24.0 Å². The van der Waals surface area contributed by atoms with Gasteiger partial charge in [0, 0.05) is 17.2 Å². The third-order valence-corrected chi connectivity index (χ3v) is 9.68. The second-order valence-corrected chi connectivity index (χ2v) is 13.2. The van der Waals surface area contributed by atoms with Crippen LogP contribution in [0, 0.1) is 0 Å². The molecule has 5 aromatic rings. The van der Waals surface area contributed by atoms with Gasteiger partial charge in [-0.3, -0.25) is 0 Å². The summed E-state index contributed by atoms with van der Waals surface area (Å²) in [5.74, 6) is 0.0347. The molecule has 0 bridgehead atoms. The predicted octanol–water partition coefficient (Wildman–Crippen LogP) is 9.03. The van der Waals surface area contributed by atoms with Crippen molar-refractivity contribution in [1.82, 2.24) is 5.32 Å². The van der Waals surface area contributed by atoms with Crippen LogP contribution in [0.4, 0.5) is 4.79 Å². The van der Waals surface area contributed by atoms with Crippen LogP contribution >= 0.6 is 11.8 Å². The van der Waals surface area contributed by atoms with Crippen LogP contribution in [0.2, 0.25) is 0 Å². The Morgan fingerprint density at radius 1 is 0.643 bits per heavy atom. The number of carbonyl (C=O) groups excluding carboxylic acids is 1. The van der Waals surface area contributed by atoms with Crippen molar-refractivity contribution < 1.29 is 9.53 Å². The number of hydrogen-bond donors (Lipinski definition) is 1. The first-order valence-corrected chi connectivity index (χ1v) is 15.3. The Bertz CT molecular complexity index is 1510. The van der Waals surface area contributed by atoms with E-state index in [0.29, 0.717) is 13.2 Å². The number of thioether (sulfide) groups is 1. The number of amides is 1. The average Bonchev–Trinajstić information content (AvgIpc) is 3.36. The van der Waals surface area contributed by atoms with Crippen molar-refractivity contribution in [1.29, 1.82) is 0 Å². The third-order valence-electron chi connectivity index (χ3n) is 7.97. The van der Waals surface area contributed by atoms with Crippen molar-refractivity contribution in [3.63, 3.8) is 0 Å². The van der Waals surface area contributed by atoms with Crippen molar-refractivity contribution in [2.75, 3.05) is 13.2 Å². The Hall–Kier alpha value is -4.28. The molecule has 0 atom stereocenters. The van der Waals surface area contributed by atoms with E-state index in [0.717, 1.165) is 0 Å². The summed E-state index contributed by atoms with van der Waals surface area (Å²) >= 11 is 1.85. The lowest BCUT2D eigenvalue weighted by Gasteiger charge is -2.41. The lowest BCUT2D eigenvalue weighted by Crippen LogP contribution is -2.41. The Kier molecular flexibility index (Phi) is 7.90. The number of alkyl carbamates (subject to hydrolysis) is 1. The monoisotopic (exact) mass is 569 g/mol. The second-order valence-electron chi connectivity index (χ2n) is 11.3. The van der Waals surface area contributed by atoms with Crippen LogP contribution in [0.25, 0.3) is 11.1 Å². The maximum absolute atomic E-state index is 13.1. The molecule has 42 heavy (non-hydrogen) atoms. The van der Waals surface area contributed by atoms with Crippen molar-refractivity contribution >= 4 is 17.9 Å². The van der Waals surface area contributed by atoms with Gasteiger partial charge in [-0.2, -0.15) is 0 Å². The molecule has 0 unspecified atom stereocenters. The van der Waals surface area contributed by atoms with Gasteiger partial charge in [-0.1, -0.05) is 140 Å². The summed E-state index contributed by atoms with van der Waals surface area (Å²) in [5.41, 5.74) is 8.45. The van der Waals surface area contributed by atoms with E-state index in [1.807, 2.05) is 11.8 Å². The lowest BCUT2D eigenvalue weighted by atomic mass is 9.84. The fraction of sp³-hybridized carbons (Fsp3) is 0.184. The van der Waals surface area contributed by atoms with Gasteiger partial charge in [0.25, 0.3) is 0 Å². The molecule has 0 radical (unpaired) electrons. The zero-order chi connectivity index (χ0) is 29.0. The molecule has 6 rings (SSSR count). The van der Waals surface area contributed by atoms with Crippen molar-refractivity contribution in [3.8, 4) is 11.1 Å². The quantitative estimate of drug-likeness (QED) is 0.180. The van der Waals surface area contributed by atoms with Crippen LogP contribution in [0.1, 0.15) is 47.6 Å². The smallest absolute Gasteiger partial charge is 0.407 e. The minimum absolute atomic E-state index is 0.0347. The van der Waals surface area contributed by atoms with E-state index in [4.69, 9.17) is 4.74 Å². The summed E-state index contributed by atoms with van der Waals surface area (Å²) in [6.07, 6.45) is -0.393. The Labute approximate surface area is 253 Å². The molecule has 1 amide bonds. The topological polar surface area (TPSA) is 38.3 Å². The minimum Gasteiger partial charge on any atom is -0.449 e. The zero-order valence-electron chi connectivity index (χ0n) is 24.0. The molecule has 0 saturated heterocycles. The molecule has 0 fully saturated rings. The van der Waals surface area contributed by atoms with Gasteiger partial charge in [-0.15, -0.1) is 11.8 Å². The minimum atomic E-state index is -0.476. The Balaban J connectivity index is 1.21. The van der Waals surface area contributed by atoms with E-state index in [2.05, 4.69) is 159 Å². The lowest BCUT2D eigenvalue weighted by molar-refractivity contribution is 0.142. The molecule has 0 aromatic heterocycles. The maximum Gasteiger partial charge on any atom is 0.407 e. The highest BCUT2D eigenvalue weighted by Crippen LogP contribution is 2.53. The van der Waals surface area contributed by atoms with Gasteiger partial charge >= 0.3 is 6.09 Å². The maximum atomic E-state index is 13.1. The first kappa shape index (κ1) is 27.9. The van der Waals surface area contributed by atoms with Gasteiger partial charge in [0.1, 0.15) is 6.61 Å². The van der Waals surface area contributed by atoms with Gasteiger partial charge in [0.2, 0.25) is 0 Å². The molecule has 0 aliphatic heterocycles. The first-order chi connectivity index (χ1) is 20.5. The van der Waals surface area contributed by atoms with E-state index < -0.39 is 10.8 Å². The predicted molar refractivity (Wildman–Crippen MR) is 174 cm³/mol. The van der Waals surface area contributed by atoms with Gasteiger partial charge in [-0.25, -0.2) is 4.79 Å². The number of fused-ring (bicyclic) bond motifs is 3. The highest BCUT2D eigenvalue weighted by atomic mass is 32.2. The molecule has 1 aliphatic rings. The molecule has 4 heteroatoms. The molecule has 0 saturated carbocycles. The summed E-state index contributed by atoms with van der Waals surface area (Å²) in [4.78, 5) is 13.1. The van der Waals surface area contributed by atoms with E-state index in [1.54, 1.807) is 0 Å². The molecular weight excluding hydrogens is 534 g/mol. The van der Waals surface area contributed by atoms with Crippen LogP contribution in [-0.2, 0) is 9.48 Å². The molecule has 1 N–H and O–H groups in total. The highest BCUT2D eigenvalue weighted by Gasteiger charge is 2.42. The van der Waals surface area contributed by atoms with Gasteiger partial charge in [-0.05, 0) is 52.8 Å². The standard InChI is InChI=1S/C38H35NO2S/c1-37(2,27-39-36(40)41-26-35-33-24-14-12-22-31(33)32-23-13-15-25-34(32)35)42-38(28-16-6-3-7-17-28,29-18-8-4-9-19-29)30-20-10-5-11-21-30/h3-25,35H,26-27H2,1-2H3,(H,39,40). The Morgan fingerprint density at radius 3 is 1.50 bits per heavy atom. The first-order valence-electron chi connectivity index (χ1n) is 14.4. The average molecular weight is 570 g/mol. The molecule has 0 spiro atoms. The molecular formula is C38H35NO2S. The van der Waals surface area contributed by atoms with Crippen molar-refractivity contribution in [2.24, 2.45) is 0 Å². The van der Waals surface area contributed by atoms with E-state index in [1.165, 1.54) is 38.9 Å². The van der Waals surface area contributed by atoms with Crippen LogP contribution < -0.4 is 5.32 Å². The van der Waals surface area contributed by atoms with Crippen LogP contribution in [0.3, 0.4) is 0 Å². The Morgan fingerprint density at radius 2 is 1.05 bits per heavy atom. The molecule has 0 heterocycles. The fourth-order valence-electron chi connectivity index (χ4n) is 6.08. The number of hydrogen-bond acceptors (Lipinski definition) is 3. The van der Waals surface area contributed by atoms with E-state index >= 15 is 0 Å². The molecule has 3 nitrogen and oxygen atoms in total. The van der Waals surface area contributed by atoms with Crippen LogP contribution in [0.15, 0.2) is 140 Å². The number of ether oxygens (including phenoxy) is 1. The number of rotatable bonds is 9. The number of nitrogens with one attached hydrogen (secondary N) is 1. The van der Waals surface area contributed by atoms with Gasteiger partial charge in [0.05, 0.1) is 4.75 Å². The zero-order valence-corrected chi connectivity index (χ0v) is 24.8. The summed E-state index contributed by atoms with van der Waals surface area (Å²) in [5, 5.41) is 3.09. The van der Waals surface area contributed by atoms with Crippen LogP contribution in [0.5, 0.6) is 0 Å². The summed E-state index contributed by atoms with van der Waals surface area (Å²) < 4.78 is 5.04. The van der Waals surface area contributed by atoms with Gasteiger partial charge < -0.3 is 10.1 Å². The third kappa shape index (κ3) is 5.47. The van der Waals surface area contributed by atoms with Crippen molar-refractivity contribution in [2.45, 2.75) is 29.3 Å². The number of benzene rings is 5.